The van der Waals surface area contributed by atoms with Crippen LogP contribution in [0.4, 0.5) is 13.2 Å². The van der Waals surface area contributed by atoms with Gasteiger partial charge in [0, 0.05) is 40.8 Å². The number of halogens is 3. The Morgan fingerprint density at radius 2 is 0.918 bits per heavy atom. The first kappa shape index (κ1) is 40.9. The van der Waals surface area contributed by atoms with Crippen molar-refractivity contribution < 1.29 is 25.8 Å². The van der Waals surface area contributed by atoms with E-state index < -0.39 is 21.4 Å². The maximum atomic E-state index is 13.1. The molecular weight excluding hydrogens is 792 g/mol. The summed E-state index contributed by atoms with van der Waals surface area (Å²) in [6.45, 7) is 1.47. The standard InChI is InChI=1S/C51H40F3N3O3S/c1-35-16-23-42(31-50(35)60-61(58,59)51(52,53)54)49-27-24-43(34-57-49)45-14-8-9-15-46(45)44-29-38(19-17-36-21-25-47(55-32-36)40-10-4-2-5-11-40)28-39(30-44)20-18-37-22-26-48(56-33-37)41-12-6-3-7-13-41/h2-16,21-34H,17-20H2,1H3. The van der Waals surface area contributed by atoms with Crippen molar-refractivity contribution in [1.29, 1.82) is 0 Å². The van der Waals surface area contributed by atoms with Crippen molar-refractivity contribution in [3.05, 3.63) is 204 Å². The van der Waals surface area contributed by atoms with E-state index in [1.165, 1.54) is 30.2 Å². The predicted octanol–water partition coefficient (Wildman–Crippen LogP) is 12.3. The van der Waals surface area contributed by atoms with Gasteiger partial charge >= 0.3 is 15.6 Å². The van der Waals surface area contributed by atoms with Gasteiger partial charge < -0.3 is 4.18 Å². The van der Waals surface area contributed by atoms with Crippen LogP contribution in [0.15, 0.2) is 176 Å². The normalized spacial score (nSPS) is 11.7. The minimum Gasteiger partial charge on any atom is -0.376 e. The molecule has 6 nitrogen and oxygen atoms in total. The van der Waals surface area contributed by atoms with Crippen molar-refractivity contribution in [1.82, 2.24) is 15.0 Å². The first-order valence-electron chi connectivity index (χ1n) is 19.8. The molecule has 0 spiro atoms. The second-order valence-electron chi connectivity index (χ2n) is 14.8. The van der Waals surface area contributed by atoms with Gasteiger partial charge in [-0.25, -0.2) is 0 Å². The summed E-state index contributed by atoms with van der Waals surface area (Å²) < 4.78 is 67.3. The molecule has 61 heavy (non-hydrogen) atoms. The van der Waals surface area contributed by atoms with Gasteiger partial charge in [0.1, 0.15) is 5.75 Å². The van der Waals surface area contributed by atoms with Gasteiger partial charge in [0.05, 0.1) is 17.1 Å². The number of hydrogen-bond acceptors (Lipinski definition) is 6. The lowest BCUT2D eigenvalue weighted by molar-refractivity contribution is -0.0500. The van der Waals surface area contributed by atoms with E-state index in [4.69, 9.17) is 9.97 Å². The molecule has 5 aromatic carbocycles. The molecule has 0 radical (unpaired) electrons. The number of nitrogens with zero attached hydrogens (tertiary/aromatic N) is 3. The second-order valence-corrected chi connectivity index (χ2v) is 16.4. The lowest BCUT2D eigenvalue weighted by Gasteiger charge is -2.15. The van der Waals surface area contributed by atoms with Gasteiger partial charge in [0.15, 0.2) is 0 Å². The van der Waals surface area contributed by atoms with Gasteiger partial charge in [0.25, 0.3) is 0 Å². The summed E-state index contributed by atoms with van der Waals surface area (Å²) in [6.07, 6.45) is 8.88. The smallest absolute Gasteiger partial charge is 0.376 e. The Labute approximate surface area is 353 Å². The van der Waals surface area contributed by atoms with Crippen LogP contribution in [0.3, 0.4) is 0 Å². The average molecular weight is 832 g/mol. The molecule has 0 saturated carbocycles. The van der Waals surface area contributed by atoms with Crippen LogP contribution >= 0.6 is 0 Å². The molecule has 0 aliphatic heterocycles. The molecule has 3 heterocycles. The Hall–Kier alpha value is -6.91. The monoisotopic (exact) mass is 831 g/mol. The fourth-order valence-electron chi connectivity index (χ4n) is 7.21. The van der Waals surface area contributed by atoms with E-state index in [1.54, 1.807) is 18.3 Å². The molecule has 0 saturated heterocycles. The Kier molecular flexibility index (Phi) is 11.9. The fraction of sp³-hybridized carbons (Fsp3) is 0.118. The summed E-state index contributed by atoms with van der Waals surface area (Å²) >= 11 is 0. The van der Waals surface area contributed by atoms with Crippen LogP contribution in [0, 0.1) is 6.92 Å². The van der Waals surface area contributed by atoms with E-state index in [1.807, 2.05) is 73.1 Å². The third kappa shape index (κ3) is 9.77. The van der Waals surface area contributed by atoms with Gasteiger partial charge in [-0.1, -0.05) is 133 Å². The number of aromatic nitrogens is 3. The second kappa shape index (κ2) is 17.7. The highest BCUT2D eigenvalue weighted by molar-refractivity contribution is 7.88. The zero-order chi connectivity index (χ0) is 42.4. The summed E-state index contributed by atoms with van der Waals surface area (Å²) in [7, 11) is -5.84. The van der Waals surface area contributed by atoms with Crippen LogP contribution in [0.25, 0.3) is 56.0 Å². The molecule has 0 aliphatic rings. The molecule has 8 aromatic rings. The predicted molar refractivity (Wildman–Crippen MR) is 235 cm³/mol. The summed E-state index contributed by atoms with van der Waals surface area (Å²) in [6, 6.07) is 51.7. The quantitative estimate of drug-likeness (QED) is 0.0850. The third-order valence-corrected chi connectivity index (χ3v) is 11.5. The lowest BCUT2D eigenvalue weighted by atomic mass is 9.90. The van der Waals surface area contributed by atoms with E-state index in [9.17, 15) is 21.6 Å². The van der Waals surface area contributed by atoms with Crippen molar-refractivity contribution in [2.75, 3.05) is 0 Å². The Bertz CT molecular complexity index is 2770. The molecule has 0 aliphatic carbocycles. The van der Waals surface area contributed by atoms with E-state index in [-0.39, 0.29) is 5.56 Å². The maximum absolute atomic E-state index is 13.1. The van der Waals surface area contributed by atoms with Crippen molar-refractivity contribution in [3.63, 3.8) is 0 Å². The SMILES string of the molecule is Cc1ccc(-c2ccc(-c3ccccc3-c3cc(CCc4ccc(-c5ccccc5)nc4)cc(CCc4ccc(-c5ccccc5)nc4)c3)cn2)cc1OS(=O)(=O)C(F)(F)F. The van der Waals surface area contributed by atoms with E-state index in [0.717, 1.165) is 81.6 Å². The van der Waals surface area contributed by atoms with Crippen LogP contribution in [0.1, 0.15) is 27.8 Å². The summed E-state index contributed by atoms with van der Waals surface area (Å²) in [5.41, 5.74) is 8.14. The third-order valence-electron chi connectivity index (χ3n) is 10.5. The van der Waals surface area contributed by atoms with Gasteiger partial charge in [-0.15, -0.1) is 0 Å². The molecular formula is C51H40F3N3O3S. The molecule has 10 heteroatoms. The van der Waals surface area contributed by atoms with Gasteiger partial charge in [-0.2, -0.15) is 21.6 Å². The Balaban J connectivity index is 1.07. The number of aryl methyl sites for hydroxylation is 5. The topological polar surface area (TPSA) is 82.0 Å². The molecule has 0 fully saturated rings. The summed E-state index contributed by atoms with van der Waals surface area (Å²) in [4.78, 5) is 14.2. The molecule has 8 rings (SSSR count). The van der Waals surface area contributed by atoms with Crippen molar-refractivity contribution in [3.8, 4) is 61.8 Å². The van der Waals surface area contributed by atoms with E-state index >= 15 is 0 Å². The largest absolute Gasteiger partial charge is 0.534 e. The molecule has 0 amide bonds. The van der Waals surface area contributed by atoms with Crippen molar-refractivity contribution >= 4 is 10.1 Å². The number of pyridine rings is 3. The summed E-state index contributed by atoms with van der Waals surface area (Å²) in [5.74, 6) is -0.414. The maximum Gasteiger partial charge on any atom is 0.534 e. The molecule has 0 N–H and O–H groups in total. The minimum atomic E-state index is -5.84. The van der Waals surface area contributed by atoms with E-state index in [2.05, 4.69) is 82.0 Å². The number of alkyl halides is 3. The van der Waals surface area contributed by atoms with Crippen LogP contribution in [-0.4, -0.2) is 28.9 Å². The first-order chi connectivity index (χ1) is 29.5. The zero-order valence-electron chi connectivity index (χ0n) is 33.2. The summed E-state index contributed by atoms with van der Waals surface area (Å²) in [5, 5.41) is 0. The van der Waals surface area contributed by atoms with Crippen molar-refractivity contribution in [2.45, 2.75) is 38.1 Å². The van der Waals surface area contributed by atoms with Gasteiger partial charge in [-0.05, 0) is 101 Å². The Morgan fingerprint density at radius 3 is 1.41 bits per heavy atom. The molecule has 304 valence electrons. The number of hydrogen-bond donors (Lipinski definition) is 0. The zero-order valence-corrected chi connectivity index (χ0v) is 34.0. The fourth-order valence-corrected chi connectivity index (χ4v) is 7.72. The van der Waals surface area contributed by atoms with Gasteiger partial charge in [0.2, 0.25) is 0 Å². The highest BCUT2D eigenvalue weighted by Crippen LogP contribution is 2.36. The Morgan fingerprint density at radius 1 is 0.459 bits per heavy atom. The highest BCUT2D eigenvalue weighted by Gasteiger charge is 2.48. The highest BCUT2D eigenvalue weighted by atomic mass is 32.2. The average Bonchev–Trinajstić information content (AvgIpc) is 3.29. The van der Waals surface area contributed by atoms with Crippen LogP contribution < -0.4 is 4.18 Å². The lowest BCUT2D eigenvalue weighted by Crippen LogP contribution is -2.28. The molecule has 3 aromatic heterocycles. The van der Waals surface area contributed by atoms with Crippen LogP contribution in [-0.2, 0) is 35.8 Å². The van der Waals surface area contributed by atoms with Crippen LogP contribution in [0.2, 0.25) is 0 Å². The minimum absolute atomic E-state index is 0.235. The van der Waals surface area contributed by atoms with Crippen molar-refractivity contribution in [2.24, 2.45) is 0 Å². The molecule has 0 bridgehead atoms. The first-order valence-corrected chi connectivity index (χ1v) is 21.2. The molecule has 0 unspecified atom stereocenters. The number of rotatable bonds is 13. The van der Waals surface area contributed by atoms with Crippen LogP contribution in [0.5, 0.6) is 5.75 Å². The van der Waals surface area contributed by atoms with E-state index in [0.29, 0.717) is 11.3 Å². The molecule has 0 atom stereocenters. The van der Waals surface area contributed by atoms with Gasteiger partial charge in [-0.3, -0.25) is 15.0 Å². The number of benzene rings is 5.